The molecule has 4 aromatic carbocycles. The van der Waals surface area contributed by atoms with Crippen LogP contribution in [0.1, 0.15) is 108 Å². The maximum absolute atomic E-state index is 2.64. The van der Waals surface area contributed by atoms with Crippen molar-refractivity contribution in [3.8, 4) is 22.3 Å². The topological polar surface area (TPSA) is 4.41 Å². The van der Waals surface area contributed by atoms with Gasteiger partial charge in [0.05, 0.1) is 16.6 Å². The zero-order valence-corrected chi connectivity index (χ0v) is 30.2. The van der Waals surface area contributed by atoms with Gasteiger partial charge in [0, 0.05) is 21.6 Å². The Balaban J connectivity index is 1.70. The predicted octanol–water partition coefficient (Wildman–Crippen LogP) is 11.8. The summed E-state index contributed by atoms with van der Waals surface area (Å²) in [5, 5.41) is 4.24. The number of aryl methyl sites for hydroxylation is 3. The number of rotatable bonds is 2. The first kappa shape index (κ1) is 30.8. The maximum Gasteiger partial charge on any atom is 0.0619 e. The van der Waals surface area contributed by atoms with E-state index in [2.05, 4.69) is 154 Å². The molecule has 2 aromatic heterocycles. The van der Waals surface area contributed by atoms with Gasteiger partial charge in [0.15, 0.2) is 0 Å². The van der Waals surface area contributed by atoms with E-state index in [0.717, 1.165) is 12.8 Å². The molecule has 0 bridgehead atoms. The highest BCUT2D eigenvalue weighted by Crippen LogP contribution is 2.46. The number of hydrogen-bond acceptors (Lipinski definition) is 0. The largest absolute Gasteiger partial charge is 0.308 e. The van der Waals surface area contributed by atoms with Crippen molar-refractivity contribution < 1.29 is 0 Å². The molecule has 236 valence electrons. The van der Waals surface area contributed by atoms with Gasteiger partial charge in [-0.2, -0.15) is 0 Å². The Bertz CT molecular complexity index is 2270. The van der Waals surface area contributed by atoms with Gasteiger partial charge < -0.3 is 4.40 Å². The van der Waals surface area contributed by atoms with Crippen LogP contribution in [0.4, 0.5) is 0 Å². The molecule has 0 aliphatic heterocycles. The second-order valence-electron chi connectivity index (χ2n) is 17.2. The summed E-state index contributed by atoms with van der Waals surface area (Å²) in [5.74, 6) is 0. The molecule has 0 fully saturated rings. The smallest absolute Gasteiger partial charge is 0.0619 e. The normalized spacial score (nSPS) is 14.1. The van der Waals surface area contributed by atoms with Crippen molar-refractivity contribution in [3.63, 3.8) is 0 Å². The van der Waals surface area contributed by atoms with Crippen LogP contribution < -0.4 is 5.22 Å². The van der Waals surface area contributed by atoms with Crippen LogP contribution in [0.2, 0.25) is 0 Å². The van der Waals surface area contributed by atoms with E-state index in [9.17, 15) is 0 Å². The first-order valence-electron chi connectivity index (χ1n) is 17.3. The van der Waals surface area contributed by atoms with Gasteiger partial charge in [0.25, 0.3) is 0 Å². The zero-order valence-electron chi connectivity index (χ0n) is 30.2. The van der Waals surface area contributed by atoms with Crippen LogP contribution in [0.25, 0.3) is 55.7 Å². The molecule has 1 aliphatic carbocycles. The lowest BCUT2D eigenvalue weighted by Gasteiger charge is -2.24. The van der Waals surface area contributed by atoms with Crippen molar-refractivity contribution in [2.75, 3.05) is 0 Å². The molecule has 0 spiro atoms. The standard InChI is InChI=1S/C45H51N/c1-26-16-18-29(43(4,5)6)22-34(26)36-25-38-33-15-13-14-32-37-24-31(45(10,11)12)20-21-39(37)46(41(32)33)42(38)40(28(36)3)35-23-30(44(7,8)9)19-17-27(35)2/h14,16-25H,13,15H2,1-12H3. The Labute approximate surface area is 276 Å². The molecule has 7 rings (SSSR count). The highest BCUT2D eigenvalue weighted by molar-refractivity contribution is 6.11. The molecule has 0 amide bonds. The quantitative estimate of drug-likeness (QED) is 0.185. The summed E-state index contributed by atoms with van der Waals surface area (Å²) in [6.07, 6.45) is 4.66. The molecule has 0 saturated carbocycles. The van der Waals surface area contributed by atoms with Gasteiger partial charge in [-0.25, -0.2) is 0 Å². The summed E-state index contributed by atoms with van der Waals surface area (Å²) in [7, 11) is 0. The second kappa shape index (κ2) is 10.1. The van der Waals surface area contributed by atoms with Gasteiger partial charge in [-0.3, -0.25) is 0 Å². The molecule has 0 saturated heterocycles. The van der Waals surface area contributed by atoms with Crippen LogP contribution in [0.3, 0.4) is 0 Å². The van der Waals surface area contributed by atoms with E-state index in [4.69, 9.17) is 0 Å². The van der Waals surface area contributed by atoms with Crippen LogP contribution >= 0.6 is 0 Å². The number of benzene rings is 4. The van der Waals surface area contributed by atoms with Crippen molar-refractivity contribution >= 4 is 33.4 Å². The van der Waals surface area contributed by atoms with Crippen molar-refractivity contribution in [2.45, 2.75) is 112 Å². The fraction of sp³-hybridized carbons (Fsp3) is 0.378. The fourth-order valence-electron chi connectivity index (χ4n) is 7.84. The van der Waals surface area contributed by atoms with E-state index in [1.165, 1.54) is 93.7 Å². The molecule has 0 radical (unpaired) electrons. The number of fused-ring (bicyclic) bond motifs is 6. The van der Waals surface area contributed by atoms with E-state index < -0.39 is 0 Å². The molecule has 1 nitrogen and oxygen atoms in total. The second-order valence-corrected chi connectivity index (χ2v) is 17.2. The molecule has 1 heteroatoms. The summed E-state index contributed by atoms with van der Waals surface area (Å²) in [6.45, 7) is 27.9. The monoisotopic (exact) mass is 605 g/mol. The number of hydrogen-bond donors (Lipinski definition) is 0. The molecular formula is C45H51N. The minimum atomic E-state index is 0.0613. The lowest BCUT2D eigenvalue weighted by molar-refractivity contribution is 0.590. The SMILES string of the molecule is Cc1ccc(C(C)(C)C)cc1-c1cc2c3c4c(c5cc(C(C)(C)C)ccc5n4c2c(-c2cc(C(C)(C)C)ccc2C)c1C)=CCC3. The zero-order chi connectivity index (χ0) is 33.1. The maximum atomic E-state index is 2.64. The highest BCUT2D eigenvalue weighted by Gasteiger charge is 2.28. The van der Waals surface area contributed by atoms with Gasteiger partial charge in [0.1, 0.15) is 0 Å². The Morgan fingerprint density at radius 2 is 1.09 bits per heavy atom. The molecule has 2 heterocycles. The Morgan fingerprint density at radius 1 is 0.543 bits per heavy atom. The third-order valence-corrected chi connectivity index (χ3v) is 10.8. The van der Waals surface area contributed by atoms with E-state index in [-0.39, 0.29) is 16.2 Å². The van der Waals surface area contributed by atoms with Gasteiger partial charge in [-0.1, -0.05) is 111 Å². The summed E-state index contributed by atoms with van der Waals surface area (Å²) in [4.78, 5) is 0. The average Bonchev–Trinajstić information content (AvgIpc) is 3.47. The van der Waals surface area contributed by atoms with Crippen LogP contribution in [0, 0.1) is 20.8 Å². The Hall–Kier alpha value is -3.84. The Morgan fingerprint density at radius 3 is 1.70 bits per heavy atom. The van der Waals surface area contributed by atoms with E-state index >= 15 is 0 Å². The minimum absolute atomic E-state index is 0.0613. The molecule has 6 aromatic rings. The lowest BCUT2D eigenvalue weighted by atomic mass is 9.80. The molecule has 1 aliphatic rings. The lowest BCUT2D eigenvalue weighted by Crippen LogP contribution is -2.12. The summed E-state index contributed by atoms with van der Waals surface area (Å²) < 4.78 is 2.64. The molecule has 0 N–H and O–H groups in total. The third kappa shape index (κ3) is 4.64. The average molecular weight is 606 g/mol. The van der Waals surface area contributed by atoms with Crippen LogP contribution in [0.5, 0.6) is 0 Å². The first-order chi connectivity index (χ1) is 21.5. The number of aromatic nitrogens is 1. The molecule has 46 heavy (non-hydrogen) atoms. The van der Waals surface area contributed by atoms with Gasteiger partial charge >= 0.3 is 0 Å². The van der Waals surface area contributed by atoms with Crippen LogP contribution in [-0.4, -0.2) is 4.40 Å². The van der Waals surface area contributed by atoms with E-state index in [0.29, 0.717) is 0 Å². The van der Waals surface area contributed by atoms with E-state index in [1.54, 1.807) is 0 Å². The van der Waals surface area contributed by atoms with Gasteiger partial charge in [-0.15, -0.1) is 0 Å². The Kier molecular flexibility index (Phi) is 6.75. The van der Waals surface area contributed by atoms with Gasteiger partial charge in [-0.05, 0) is 124 Å². The summed E-state index contributed by atoms with van der Waals surface area (Å²) in [5.41, 5.74) is 19.6. The summed E-state index contributed by atoms with van der Waals surface area (Å²) >= 11 is 0. The van der Waals surface area contributed by atoms with Crippen LogP contribution in [0.15, 0.2) is 60.7 Å². The minimum Gasteiger partial charge on any atom is -0.308 e. The predicted molar refractivity (Wildman–Crippen MR) is 202 cm³/mol. The number of nitrogens with zero attached hydrogens (tertiary/aromatic N) is 1. The third-order valence-electron chi connectivity index (χ3n) is 10.8. The van der Waals surface area contributed by atoms with Crippen LogP contribution in [-0.2, 0) is 22.7 Å². The highest BCUT2D eigenvalue weighted by atomic mass is 14.9. The van der Waals surface area contributed by atoms with Crippen molar-refractivity contribution in [3.05, 3.63) is 105 Å². The summed E-state index contributed by atoms with van der Waals surface area (Å²) in [6, 6.07) is 24.1. The first-order valence-corrected chi connectivity index (χ1v) is 17.3. The van der Waals surface area contributed by atoms with Crippen molar-refractivity contribution in [1.29, 1.82) is 0 Å². The van der Waals surface area contributed by atoms with Crippen molar-refractivity contribution in [1.82, 2.24) is 4.40 Å². The molecular weight excluding hydrogens is 555 g/mol. The van der Waals surface area contributed by atoms with Crippen molar-refractivity contribution in [2.24, 2.45) is 0 Å². The fourth-order valence-corrected chi connectivity index (χ4v) is 7.84. The van der Waals surface area contributed by atoms with E-state index in [1.807, 2.05) is 0 Å². The molecule has 0 unspecified atom stereocenters. The molecule has 0 atom stereocenters. The van der Waals surface area contributed by atoms with Gasteiger partial charge in [0.2, 0.25) is 0 Å².